The van der Waals surface area contributed by atoms with Crippen LogP contribution in [-0.4, -0.2) is 56.8 Å². The van der Waals surface area contributed by atoms with Crippen molar-refractivity contribution in [3.63, 3.8) is 0 Å². The van der Waals surface area contributed by atoms with Crippen molar-refractivity contribution in [3.8, 4) is 0 Å². The number of aromatic nitrogens is 4. The zero-order chi connectivity index (χ0) is 15.8. The lowest BCUT2D eigenvalue weighted by Crippen LogP contribution is -2.36. The van der Waals surface area contributed by atoms with E-state index in [2.05, 4.69) is 22.0 Å². The van der Waals surface area contributed by atoms with Crippen LogP contribution in [0.25, 0.3) is 5.65 Å². The Hall–Kier alpha value is -2.18. The van der Waals surface area contributed by atoms with E-state index in [9.17, 15) is 4.79 Å². The second-order valence-electron chi connectivity index (χ2n) is 6.37. The molecule has 1 saturated heterocycles. The molecule has 1 amide bonds. The SMILES string of the molecule is CCc1nnc2ccc(N3CCCN(C(=O)C4CC4)CC3)nn12. The molecule has 2 fully saturated rings. The molecule has 2 aromatic rings. The number of carbonyl (C=O) groups is 1. The van der Waals surface area contributed by atoms with E-state index in [-0.39, 0.29) is 0 Å². The Kier molecular flexibility index (Phi) is 3.63. The van der Waals surface area contributed by atoms with E-state index >= 15 is 0 Å². The summed E-state index contributed by atoms with van der Waals surface area (Å²) in [6, 6.07) is 3.97. The van der Waals surface area contributed by atoms with Crippen molar-refractivity contribution in [2.24, 2.45) is 5.92 Å². The molecule has 1 saturated carbocycles. The van der Waals surface area contributed by atoms with Crippen LogP contribution in [0.5, 0.6) is 0 Å². The third-order valence-corrected chi connectivity index (χ3v) is 4.69. The summed E-state index contributed by atoms with van der Waals surface area (Å²) in [4.78, 5) is 16.5. The fourth-order valence-electron chi connectivity index (χ4n) is 3.17. The van der Waals surface area contributed by atoms with Crippen molar-refractivity contribution in [2.75, 3.05) is 31.1 Å². The maximum absolute atomic E-state index is 12.3. The number of amides is 1. The molecule has 122 valence electrons. The first-order valence-electron chi connectivity index (χ1n) is 8.51. The van der Waals surface area contributed by atoms with Crippen molar-refractivity contribution in [1.29, 1.82) is 0 Å². The van der Waals surface area contributed by atoms with Gasteiger partial charge in [-0.3, -0.25) is 4.79 Å². The molecule has 0 atom stereocenters. The fourth-order valence-corrected chi connectivity index (χ4v) is 3.17. The van der Waals surface area contributed by atoms with Gasteiger partial charge in [0.1, 0.15) is 5.82 Å². The minimum Gasteiger partial charge on any atom is -0.353 e. The smallest absolute Gasteiger partial charge is 0.225 e. The molecule has 1 aliphatic carbocycles. The predicted octanol–water partition coefficient (Wildman–Crippen LogP) is 1.14. The number of rotatable bonds is 3. The van der Waals surface area contributed by atoms with E-state index in [1.807, 2.05) is 21.5 Å². The molecule has 2 aromatic heterocycles. The molecule has 1 aliphatic heterocycles. The van der Waals surface area contributed by atoms with E-state index < -0.39 is 0 Å². The molecule has 7 nitrogen and oxygen atoms in total. The van der Waals surface area contributed by atoms with Gasteiger partial charge in [-0.05, 0) is 31.4 Å². The van der Waals surface area contributed by atoms with Gasteiger partial charge in [0, 0.05) is 38.5 Å². The standard InChI is InChI=1S/C16H22N6O/c1-2-13-17-18-14-6-7-15(19-22(13)14)20-8-3-9-21(11-10-20)16(23)12-4-5-12/h6-7,12H,2-5,8-11H2,1H3. The average Bonchev–Trinajstić information content (AvgIpc) is 3.37. The summed E-state index contributed by atoms with van der Waals surface area (Å²) >= 11 is 0. The van der Waals surface area contributed by atoms with Gasteiger partial charge in [0.25, 0.3) is 0 Å². The molecule has 0 spiro atoms. The van der Waals surface area contributed by atoms with Gasteiger partial charge in [0.15, 0.2) is 11.5 Å². The van der Waals surface area contributed by atoms with Crippen LogP contribution >= 0.6 is 0 Å². The van der Waals surface area contributed by atoms with Gasteiger partial charge in [-0.2, -0.15) is 4.52 Å². The normalized spacial score (nSPS) is 19.2. The Bertz CT molecular complexity index is 722. The number of nitrogens with zero attached hydrogens (tertiary/aromatic N) is 6. The summed E-state index contributed by atoms with van der Waals surface area (Å²) < 4.78 is 1.83. The van der Waals surface area contributed by atoms with Gasteiger partial charge in [0.05, 0.1) is 0 Å². The fraction of sp³-hybridized carbons (Fsp3) is 0.625. The number of aryl methyl sites for hydroxylation is 1. The van der Waals surface area contributed by atoms with Crippen LogP contribution in [0, 0.1) is 5.92 Å². The largest absolute Gasteiger partial charge is 0.353 e. The van der Waals surface area contributed by atoms with E-state index in [4.69, 9.17) is 5.10 Å². The highest BCUT2D eigenvalue weighted by molar-refractivity contribution is 5.81. The molecule has 0 radical (unpaired) electrons. The number of hydrogen-bond acceptors (Lipinski definition) is 5. The van der Waals surface area contributed by atoms with Crippen molar-refractivity contribution >= 4 is 17.4 Å². The number of fused-ring (bicyclic) bond motifs is 1. The lowest BCUT2D eigenvalue weighted by molar-refractivity contribution is -0.132. The van der Waals surface area contributed by atoms with Gasteiger partial charge >= 0.3 is 0 Å². The molecular weight excluding hydrogens is 292 g/mol. The van der Waals surface area contributed by atoms with Gasteiger partial charge in [-0.25, -0.2) is 0 Å². The maximum atomic E-state index is 12.3. The van der Waals surface area contributed by atoms with Crippen LogP contribution in [0.2, 0.25) is 0 Å². The summed E-state index contributed by atoms with van der Waals surface area (Å²) in [7, 11) is 0. The highest BCUT2D eigenvalue weighted by Crippen LogP contribution is 2.31. The summed E-state index contributed by atoms with van der Waals surface area (Å²) in [5.74, 6) is 2.47. The quantitative estimate of drug-likeness (QED) is 0.850. The Morgan fingerprint density at radius 3 is 2.83 bits per heavy atom. The summed E-state index contributed by atoms with van der Waals surface area (Å²) in [6.45, 7) is 5.47. The Morgan fingerprint density at radius 1 is 1.17 bits per heavy atom. The molecule has 4 rings (SSSR count). The monoisotopic (exact) mass is 314 g/mol. The maximum Gasteiger partial charge on any atom is 0.225 e. The molecular formula is C16H22N6O. The molecule has 0 unspecified atom stereocenters. The molecule has 2 aliphatic rings. The molecule has 0 bridgehead atoms. The average molecular weight is 314 g/mol. The Balaban J connectivity index is 1.52. The van der Waals surface area contributed by atoms with Crippen LogP contribution < -0.4 is 4.90 Å². The van der Waals surface area contributed by atoms with E-state index in [1.165, 1.54) is 0 Å². The van der Waals surface area contributed by atoms with Crippen LogP contribution in [0.3, 0.4) is 0 Å². The van der Waals surface area contributed by atoms with Crippen molar-refractivity contribution in [1.82, 2.24) is 24.7 Å². The highest BCUT2D eigenvalue weighted by atomic mass is 16.2. The molecule has 3 heterocycles. The Labute approximate surface area is 135 Å². The topological polar surface area (TPSA) is 66.6 Å². The first-order chi connectivity index (χ1) is 11.3. The third kappa shape index (κ3) is 2.75. The number of anilines is 1. The molecule has 0 aromatic carbocycles. The predicted molar refractivity (Wildman–Crippen MR) is 86.3 cm³/mol. The molecule has 23 heavy (non-hydrogen) atoms. The second-order valence-corrected chi connectivity index (χ2v) is 6.37. The third-order valence-electron chi connectivity index (χ3n) is 4.69. The summed E-state index contributed by atoms with van der Waals surface area (Å²) in [5.41, 5.74) is 0.783. The van der Waals surface area contributed by atoms with Crippen LogP contribution in [0.4, 0.5) is 5.82 Å². The summed E-state index contributed by atoms with van der Waals surface area (Å²) in [5, 5.41) is 13.0. The van der Waals surface area contributed by atoms with Crippen LogP contribution in [0.1, 0.15) is 32.0 Å². The van der Waals surface area contributed by atoms with Gasteiger partial charge in [-0.15, -0.1) is 15.3 Å². The highest BCUT2D eigenvalue weighted by Gasteiger charge is 2.34. The van der Waals surface area contributed by atoms with Crippen molar-refractivity contribution in [2.45, 2.75) is 32.6 Å². The van der Waals surface area contributed by atoms with Crippen molar-refractivity contribution in [3.05, 3.63) is 18.0 Å². The minimum absolute atomic E-state index is 0.306. The van der Waals surface area contributed by atoms with Crippen LogP contribution in [-0.2, 0) is 11.2 Å². The Morgan fingerprint density at radius 2 is 2.04 bits per heavy atom. The van der Waals surface area contributed by atoms with Crippen LogP contribution in [0.15, 0.2) is 12.1 Å². The first-order valence-corrected chi connectivity index (χ1v) is 8.51. The van der Waals surface area contributed by atoms with E-state index in [1.54, 1.807) is 0 Å². The molecule has 0 N–H and O–H groups in total. The second kappa shape index (κ2) is 5.79. The minimum atomic E-state index is 0.306. The van der Waals surface area contributed by atoms with Gasteiger partial charge in [0.2, 0.25) is 5.91 Å². The zero-order valence-electron chi connectivity index (χ0n) is 13.5. The zero-order valence-corrected chi connectivity index (χ0v) is 13.5. The van der Waals surface area contributed by atoms with Gasteiger partial charge < -0.3 is 9.80 Å². The number of carbonyl (C=O) groups excluding carboxylic acids is 1. The van der Waals surface area contributed by atoms with Gasteiger partial charge in [-0.1, -0.05) is 6.92 Å². The lowest BCUT2D eigenvalue weighted by Gasteiger charge is -2.22. The number of hydrogen-bond donors (Lipinski definition) is 0. The summed E-state index contributed by atoms with van der Waals surface area (Å²) in [6.07, 6.45) is 3.94. The van der Waals surface area contributed by atoms with E-state index in [0.29, 0.717) is 11.8 Å². The first kappa shape index (κ1) is 14.4. The molecule has 7 heteroatoms. The van der Waals surface area contributed by atoms with Crippen molar-refractivity contribution < 1.29 is 4.79 Å². The van der Waals surface area contributed by atoms with E-state index in [0.717, 1.165) is 69.2 Å². The lowest BCUT2D eigenvalue weighted by atomic mass is 10.3.